The topological polar surface area (TPSA) is 29.5 Å². The van der Waals surface area contributed by atoms with E-state index in [1.165, 1.54) is 38.4 Å². The number of hydrogen-bond donors (Lipinski definition) is 0. The van der Waals surface area contributed by atoms with Crippen molar-refractivity contribution in [1.82, 2.24) is 4.90 Å². The van der Waals surface area contributed by atoms with Gasteiger partial charge in [0.1, 0.15) is 0 Å². The minimum absolute atomic E-state index is 0.143. The number of nitrogens with zero attached hydrogens (tertiary/aromatic N) is 1. The van der Waals surface area contributed by atoms with Gasteiger partial charge in [0.05, 0.1) is 13.7 Å². The number of hydrogen-bond acceptors (Lipinski definition) is 3. The molecule has 0 bridgehead atoms. The predicted octanol–water partition coefficient (Wildman–Crippen LogP) is 2.37. The molecule has 1 aliphatic rings. The van der Waals surface area contributed by atoms with E-state index in [4.69, 9.17) is 4.74 Å². The molecule has 0 spiro atoms. The van der Waals surface area contributed by atoms with Crippen LogP contribution in [-0.4, -0.2) is 37.1 Å². The van der Waals surface area contributed by atoms with Crippen LogP contribution in [0.3, 0.4) is 0 Å². The van der Waals surface area contributed by atoms with Gasteiger partial charge in [0.25, 0.3) is 0 Å². The van der Waals surface area contributed by atoms with Crippen molar-refractivity contribution in [2.75, 3.05) is 20.2 Å². The molecule has 16 heavy (non-hydrogen) atoms. The molecule has 0 aliphatic heterocycles. The SMILES string of the molecule is C=C(CC)CN(CC(=O)OC)C1CCCC1. The molecule has 0 aromatic carbocycles. The van der Waals surface area contributed by atoms with Gasteiger partial charge in [0.2, 0.25) is 0 Å². The molecule has 92 valence electrons. The van der Waals surface area contributed by atoms with E-state index in [-0.39, 0.29) is 5.97 Å². The highest BCUT2D eigenvalue weighted by atomic mass is 16.5. The van der Waals surface area contributed by atoms with E-state index in [0.29, 0.717) is 12.6 Å². The van der Waals surface area contributed by atoms with E-state index in [1.54, 1.807) is 0 Å². The zero-order chi connectivity index (χ0) is 12.0. The number of ether oxygens (including phenoxy) is 1. The van der Waals surface area contributed by atoms with Crippen molar-refractivity contribution in [3.8, 4) is 0 Å². The number of methoxy groups -OCH3 is 1. The van der Waals surface area contributed by atoms with Crippen molar-refractivity contribution in [2.24, 2.45) is 0 Å². The molecule has 3 nitrogen and oxygen atoms in total. The Bertz CT molecular complexity index is 226. The molecule has 1 aliphatic carbocycles. The maximum atomic E-state index is 11.4. The van der Waals surface area contributed by atoms with Crippen molar-refractivity contribution < 1.29 is 9.53 Å². The van der Waals surface area contributed by atoms with Gasteiger partial charge in [-0.25, -0.2) is 0 Å². The lowest BCUT2D eigenvalue weighted by molar-refractivity contribution is -0.142. The van der Waals surface area contributed by atoms with E-state index in [0.717, 1.165) is 13.0 Å². The first kappa shape index (κ1) is 13.2. The Hall–Kier alpha value is -0.830. The van der Waals surface area contributed by atoms with Crippen molar-refractivity contribution in [2.45, 2.75) is 45.1 Å². The predicted molar refractivity (Wildman–Crippen MR) is 65.3 cm³/mol. The van der Waals surface area contributed by atoms with Crippen molar-refractivity contribution in [3.05, 3.63) is 12.2 Å². The van der Waals surface area contributed by atoms with Gasteiger partial charge in [-0.3, -0.25) is 9.69 Å². The maximum Gasteiger partial charge on any atom is 0.319 e. The van der Waals surface area contributed by atoms with Gasteiger partial charge in [-0.05, 0) is 19.3 Å². The second-order valence-corrected chi connectivity index (χ2v) is 4.52. The molecule has 1 rings (SSSR count). The zero-order valence-corrected chi connectivity index (χ0v) is 10.5. The summed E-state index contributed by atoms with van der Waals surface area (Å²) in [4.78, 5) is 13.6. The molecule has 0 amide bonds. The Morgan fingerprint density at radius 2 is 2.00 bits per heavy atom. The van der Waals surface area contributed by atoms with E-state index in [2.05, 4.69) is 18.4 Å². The Labute approximate surface area is 98.5 Å². The van der Waals surface area contributed by atoms with Gasteiger partial charge in [0, 0.05) is 12.6 Å². The fourth-order valence-electron chi connectivity index (χ4n) is 2.21. The third-order valence-corrected chi connectivity index (χ3v) is 3.33. The van der Waals surface area contributed by atoms with Crippen LogP contribution < -0.4 is 0 Å². The molecule has 0 aromatic heterocycles. The molecule has 0 N–H and O–H groups in total. The highest BCUT2D eigenvalue weighted by molar-refractivity contribution is 5.71. The van der Waals surface area contributed by atoms with Crippen molar-refractivity contribution in [1.29, 1.82) is 0 Å². The summed E-state index contributed by atoms with van der Waals surface area (Å²) >= 11 is 0. The largest absolute Gasteiger partial charge is 0.468 e. The molecule has 0 unspecified atom stereocenters. The minimum atomic E-state index is -0.143. The van der Waals surface area contributed by atoms with Crippen LogP contribution >= 0.6 is 0 Å². The monoisotopic (exact) mass is 225 g/mol. The molecule has 0 heterocycles. The molecule has 0 atom stereocenters. The average Bonchev–Trinajstić information content (AvgIpc) is 2.81. The lowest BCUT2D eigenvalue weighted by Crippen LogP contribution is -2.39. The van der Waals surface area contributed by atoms with Gasteiger partial charge in [-0.1, -0.05) is 31.9 Å². The Kier molecular flexibility index (Phi) is 5.53. The van der Waals surface area contributed by atoms with Gasteiger partial charge < -0.3 is 4.74 Å². The summed E-state index contributed by atoms with van der Waals surface area (Å²) < 4.78 is 4.75. The third kappa shape index (κ3) is 3.97. The second kappa shape index (κ2) is 6.69. The van der Waals surface area contributed by atoms with Crippen LogP contribution in [0.1, 0.15) is 39.0 Å². The van der Waals surface area contributed by atoms with Gasteiger partial charge in [-0.15, -0.1) is 0 Å². The van der Waals surface area contributed by atoms with Crippen molar-refractivity contribution >= 4 is 5.97 Å². The van der Waals surface area contributed by atoms with Crippen LogP contribution in [0.5, 0.6) is 0 Å². The first-order valence-corrected chi connectivity index (χ1v) is 6.14. The van der Waals surface area contributed by atoms with Crippen molar-refractivity contribution in [3.63, 3.8) is 0 Å². The Morgan fingerprint density at radius 3 is 2.50 bits per heavy atom. The van der Waals surface area contributed by atoms with Gasteiger partial charge in [0.15, 0.2) is 0 Å². The lowest BCUT2D eigenvalue weighted by atomic mass is 10.1. The zero-order valence-electron chi connectivity index (χ0n) is 10.5. The Balaban J connectivity index is 2.53. The number of esters is 1. The maximum absolute atomic E-state index is 11.4. The average molecular weight is 225 g/mol. The summed E-state index contributed by atoms with van der Waals surface area (Å²) in [6, 6.07) is 0.544. The lowest BCUT2D eigenvalue weighted by Gasteiger charge is -2.28. The van der Waals surface area contributed by atoms with E-state index in [9.17, 15) is 4.79 Å². The molecular weight excluding hydrogens is 202 g/mol. The first-order valence-electron chi connectivity index (χ1n) is 6.14. The van der Waals surface area contributed by atoms with Crippen LogP contribution in [0.25, 0.3) is 0 Å². The van der Waals surface area contributed by atoms with E-state index < -0.39 is 0 Å². The first-order chi connectivity index (χ1) is 7.67. The second-order valence-electron chi connectivity index (χ2n) is 4.52. The summed E-state index contributed by atoms with van der Waals surface area (Å²) in [5.41, 5.74) is 1.19. The summed E-state index contributed by atoms with van der Waals surface area (Å²) in [6.07, 6.45) is 5.94. The highest BCUT2D eigenvalue weighted by Gasteiger charge is 2.24. The van der Waals surface area contributed by atoms with Crippen LogP contribution in [0.4, 0.5) is 0 Å². The molecule has 1 fully saturated rings. The standard InChI is InChI=1S/C13H23NO2/c1-4-11(2)9-14(10-13(15)16-3)12-7-5-6-8-12/h12H,2,4-10H2,1,3H3. The highest BCUT2D eigenvalue weighted by Crippen LogP contribution is 2.24. The molecule has 3 heteroatoms. The van der Waals surface area contributed by atoms with Gasteiger partial charge >= 0.3 is 5.97 Å². The fourth-order valence-corrected chi connectivity index (χ4v) is 2.21. The van der Waals surface area contributed by atoms with Crippen LogP contribution in [0, 0.1) is 0 Å². The molecule has 0 radical (unpaired) electrons. The van der Waals surface area contributed by atoms with Gasteiger partial charge in [-0.2, -0.15) is 0 Å². The summed E-state index contributed by atoms with van der Waals surface area (Å²) in [7, 11) is 1.45. The normalized spacial score (nSPS) is 16.7. The number of carbonyl (C=O) groups excluding carboxylic acids is 1. The number of carbonyl (C=O) groups is 1. The smallest absolute Gasteiger partial charge is 0.319 e. The quantitative estimate of drug-likeness (QED) is 0.513. The summed E-state index contributed by atoms with van der Waals surface area (Å²) in [5, 5.41) is 0. The molecule has 0 aromatic rings. The third-order valence-electron chi connectivity index (χ3n) is 3.33. The van der Waals surface area contributed by atoms with Crippen LogP contribution in [0.15, 0.2) is 12.2 Å². The molecule has 1 saturated carbocycles. The fraction of sp³-hybridized carbons (Fsp3) is 0.769. The van der Waals surface area contributed by atoms with Crippen LogP contribution in [0.2, 0.25) is 0 Å². The van der Waals surface area contributed by atoms with Crippen LogP contribution in [-0.2, 0) is 9.53 Å². The number of rotatable bonds is 6. The minimum Gasteiger partial charge on any atom is -0.468 e. The summed E-state index contributed by atoms with van der Waals surface area (Å²) in [6.45, 7) is 7.36. The molecular formula is C13H23NO2. The molecule has 0 saturated heterocycles. The van der Waals surface area contributed by atoms with E-state index in [1.807, 2.05) is 0 Å². The Morgan fingerprint density at radius 1 is 1.38 bits per heavy atom. The van der Waals surface area contributed by atoms with E-state index >= 15 is 0 Å². The summed E-state index contributed by atoms with van der Waals surface area (Å²) in [5.74, 6) is -0.143.